The molecule has 18 heavy (non-hydrogen) atoms. The SMILES string of the molecule is CC(C)NCCc1nnc(CCc2ccco2)o1. The van der Waals surface area contributed by atoms with Crippen molar-refractivity contribution in [3.63, 3.8) is 0 Å². The summed E-state index contributed by atoms with van der Waals surface area (Å²) in [5.74, 6) is 2.31. The minimum atomic E-state index is 0.478. The molecule has 0 bridgehead atoms. The Morgan fingerprint density at radius 3 is 2.61 bits per heavy atom. The lowest BCUT2D eigenvalue weighted by molar-refractivity contribution is 0.429. The van der Waals surface area contributed by atoms with Gasteiger partial charge in [0.1, 0.15) is 5.76 Å². The highest BCUT2D eigenvalue weighted by atomic mass is 16.4. The second-order valence-corrected chi connectivity index (χ2v) is 4.53. The molecule has 0 amide bonds. The number of nitrogens with one attached hydrogen (secondary N) is 1. The van der Waals surface area contributed by atoms with Crippen LogP contribution in [0.1, 0.15) is 31.4 Å². The van der Waals surface area contributed by atoms with Crippen LogP contribution in [0, 0.1) is 0 Å². The third-order valence-electron chi connectivity index (χ3n) is 2.57. The summed E-state index contributed by atoms with van der Waals surface area (Å²) in [7, 11) is 0. The molecule has 0 unspecified atom stereocenters. The van der Waals surface area contributed by atoms with Gasteiger partial charge in [-0.15, -0.1) is 10.2 Å². The molecule has 0 aromatic carbocycles. The Kier molecular flexibility index (Phi) is 4.52. The van der Waals surface area contributed by atoms with E-state index in [4.69, 9.17) is 8.83 Å². The van der Waals surface area contributed by atoms with E-state index < -0.39 is 0 Å². The number of nitrogens with zero attached hydrogens (tertiary/aromatic N) is 2. The molecule has 0 saturated carbocycles. The molecular formula is C13H19N3O2. The minimum absolute atomic E-state index is 0.478. The van der Waals surface area contributed by atoms with Crippen molar-refractivity contribution in [3.05, 3.63) is 35.9 Å². The van der Waals surface area contributed by atoms with E-state index in [9.17, 15) is 0 Å². The van der Waals surface area contributed by atoms with Crippen molar-refractivity contribution in [2.24, 2.45) is 0 Å². The van der Waals surface area contributed by atoms with Gasteiger partial charge in [0.25, 0.3) is 0 Å². The van der Waals surface area contributed by atoms with E-state index in [0.717, 1.165) is 31.6 Å². The molecule has 1 N–H and O–H groups in total. The summed E-state index contributed by atoms with van der Waals surface area (Å²) in [6, 6.07) is 4.31. The summed E-state index contributed by atoms with van der Waals surface area (Å²) >= 11 is 0. The molecule has 2 rings (SSSR count). The Morgan fingerprint density at radius 2 is 1.94 bits per heavy atom. The second-order valence-electron chi connectivity index (χ2n) is 4.53. The normalized spacial score (nSPS) is 11.3. The van der Waals surface area contributed by atoms with Crippen LogP contribution in [-0.2, 0) is 19.3 Å². The van der Waals surface area contributed by atoms with E-state index in [-0.39, 0.29) is 0 Å². The van der Waals surface area contributed by atoms with Crippen LogP contribution in [0.5, 0.6) is 0 Å². The van der Waals surface area contributed by atoms with Crippen LogP contribution < -0.4 is 5.32 Å². The van der Waals surface area contributed by atoms with Gasteiger partial charge in [-0.05, 0) is 12.1 Å². The third-order valence-corrected chi connectivity index (χ3v) is 2.57. The first kappa shape index (κ1) is 12.8. The van der Waals surface area contributed by atoms with Crippen molar-refractivity contribution in [2.75, 3.05) is 6.54 Å². The van der Waals surface area contributed by atoms with Gasteiger partial charge in [0.05, 0.1) is 6.26 Å². The molecule has 2 heterocycles. The highest BCUT2D eigenvalue weighted by molar-refractivity contribution is 4.99. The molecule has 0 aliphatic heterocycles. The molecule has 0 aliphatic rings. The standard InChI is InChI=1S/C13H19N3O2/c1-10(2)14-8-7-13-16-15-12(18-13)6-5-11-4-3-9-17-11/h3-4,9-10,14H,5-8H2,1-2H3. The van der Waals surface area contributed by atoms with Gasteiger partial charge in [0.15, 0.2) is 0 Å². The average molecular weight is 249 g/mol. The van der Waals surface area contributed by atoms with E-state index >= 15 is 0 Å². The maximum Gasteiger partial charge on any atom is 0.217 e. The summed E-state index contributed by atoms with van der Waals surface area (Å²) in [6.07, 6.45) is 3.95. The van der Waals surface area contributed by atoms with Gasteiger partial charge in [0.2, 0.25) is 11.8 Å². The Labute approximate surface area is 107 Å². The summed E-state index contributed by atoms with van der Waals surface area (Å²) in [6.45, 7) is 5.09. The van der Waals surface area contributed by atoms with E-state index in [1.54, 1.807) is 6.26 Å². The minimum Gasteiger partial charge on any atom is -0.469 e. The molecule has 0 radical (unpaired) electrons. The van der Waals surface area contributed by atoms with E-state index in [1.165, 1.54) is 0 Å². The third kappa shape index (κ3) is 4.00. The number of hydrogen-bond acceptors (Lipinski definition) is 5. The maximum atomic E-state index is 5.56. The van der Waals surface area contributed by atoms with E-state index in [2.05, 4.69) is 29.4 Å². The highest BCUT2D eigenvalue weighted by Crippen LogP contribution is 2.07. The lowest BCUT2D eigenvalue weighted by Crippen LogP contribution is -2.25. The lowest BCUT2D eigenvalue weighted by Gasteiger charge is -2.04. The summed E-state index contributed by atoms with van der Waals surface area (Å²) in [5, 5.41) is 11.4. The fraction of sp³-hybridized carbons (Fsp3) is 0.538. The first-order valence-corrected chi connectivity index (χ1v) is 6.31. The van der Waals surface area contributed by atoms with Crippen LogP contribution in [0.3, 0.4) is 0 Å². The molecular weight excluding hydrogens is 230 g/mol. The molecule has 0 saturated heterocycles. The topological polar surface area (TPSA) is 64.1 Å². The van der Waals surface area contributed by atoms with Crippen LogP contribution in [0.2, 0.25) is 0 Å². The number of aryl methyl sites for hydroxylation is 2. The summed E-state index contributed by atoms with van der Waals surface area (Å²) in [4.78, 5) is 0. The average Bonchev–Trinajstić information content (AvgIpc) is 2.96. The first-order chi connectivity index (χ1) is 8.74. The predicted octanol–water partition coefficient (Wildman–Crippen LogP) is 1.99. The Morgan fingerprint density at radius 1 is 1.17 bits per heavy atom. The monoisotopic (exact) mass is 249 g/mol. The zero-order valence-corrected chi connectivity index (χ0v) is 10.8. The Hall–Kier alpha value is -1.62. The fourth-order valence-electron chi connectivity index (χ4n) is 1.64. The van der Waals surface area contributed by atoms with Crippen LogP contribution in [0.25, 0.3) is 0 Å². The van der Waals surface area contributed by atoms with Crippen molar-refractivity contribution in [2.45, 2.75) is 39.2 Å². The molecule has 2 aromatic heterocycles. The van der Waals surface area contributed by atoms with Gasteiger partial charge in [-0.1, -0.05) is 13.8 Å². The quantitative estimate of drug-likeness (QED) is 0.813. The molecule has 0 atom stereocenters. The van der Waals surface area contributed by atoms with E-state index in [1.807, 2.05) is 12.1 Å². The van der Waals surface area contributed by atoms with Crippen LogP contribution in [-0.4, -0.2) is 22.8 Å². The van der Waals surface area contributed by atoms with Crippen LogP contribution in [0.15, 0.2) is 27.2 Å². The predicted molar refractivity (Wildman–Crippen MR) is 67.3 cm³/mol. The Balaban J connectivity index is 1.75. The zero-order valence-electron chi connectivity index (χ0n) is 10.8. The lowest BCUT2D eigenvalue weighted by atomic mass is 10.2. The van der Waals surface area contributed by atoms with Crippen molar-refractivity contribution in [1.82, 2.24) is 15.5 Å². The molecule has 5 heteroatoms. The number of rotatable bonds is 7. The maximum absolute atomic E-state index is 5.56. The fourth-order valence-corrected chi connectivity index (χ4v) is 1.64. The van der Waals surface area contributed by atoms with Crippen molar-refractivity contribution in [3.8, 4) is 0 Å². The second kappa shape index (κ2) is 6.35. The Bertz CT molecular complexity index is 449. The number of furan rings is 1. The van der Waals surface area contributed by atoms with Gasteiger partial charge in [0, 0.05) is 31.8 Å². The van der Waals surface area contributed by atoms with Crippen molar-refractivity contribution >= 4 is 0 Å². The molecule has 5 nitrogen and oxygen atoms in total. The summed E-state index contributed by atoms with van der Waals surface area (Å²) in [5.41, 5.74) is 0. The van der Waals surface area contributed by atoms with Gasteiger partial charge >= 0.3 is 0 Å². The number of hydrogen-bond donors (Lipinski definition) is 1. The van der Waals surface area contributed by atoms with Gasteiger partial charge in [-0.2, -0.15) is 0 Å². The summed E-state index contributed by atoms with van der Waals surface area (Å²) < 4.78 is 10.8. The number of aromatic nitrogens is 2. The van der Waals surface area contributed by atoms with E-state index in [0.29, 0.717) is 17.8 Å². The van der Waals surface area contributed by atoms with Crippen molar-refractivity contribution < 1.29 is 8.83 Å². The van der Waals surface area contributed by atoms with Crippen LogP contribution in [0.4, 0.5) is 0 Å². The largest absolute Gasteiger partial charge is 0.469 e. The molecule has 0 spiro atoms. The first-order valence-electron chi connectivity index (χ1n) is 6.31. The molecule has 2 aromatic rings. The van der Waals surface area contributed by atoms with Crippen LogP contribution >= 0.6 is 0 Å². The smallest absolute Gasteiger partial charge is 0.217 e. The highest BCUT2D eigenvalue weighted by Gasteiger charge is 2.07. The zero-order chi connectivity index (χ0) is 12.8. The van der Waals surface area contributed by atoms with Gasteiger partial charge in [-0.25, -0.2) is 0 Å². The molecule has 0 fully saturated rings. The van der Waals surface area contributed by atoms with Crippen molar-refractivity contribution in [1.29, 1.82) is 0 Å². The molecule has 98 valence electrons. The molecule has 0 aliphatic carbocycles. The van der Waals surface area contributed by atoms with Gasteiger partial charge in [-0.3, -0.25) is 0 Å². The van der Waals surface area contributed by atoms with Gasteiger partial charge < -0.3 is 14.2 Å².